The molecule has 0 aromatic carbocycles. The van der Waals surface area contributed by atoms with Crippen molar-refractivity contribution in [3.63, 3.8) is 0 Å². The summed E-state index contributed by atoms with van der Waals surface area (Å²) in [6.07, 6.45) is 10.8. The maximum absolute atomic E-state index is 3.49. The molecule has 4 nitrogen and oxygen atoms in total. The van der Waals surface area contributed by atoms with Crippen molar-refractivity contribution >= 4 is 49.6 Å². The number of nitrogens with one attached hydrogen (secondary N) is 4. The van der Waals surface area contributed by atoms with Gasteiger partial charge in [0.15, 0.2) is 0 Å². The molecule has 8 heteroatoms. The second-order valence-corrected chi connectivity index (χ2v) is 6.12. The zero-order valence-corrected chi connectivity index (χ0v) is 20.2. The van der Waals surface area contributed by atoms with Crippen LogP contribution in [0.1, 0.15) is 65.2 Å². The summed E-state index contributed by atoms with van der Waals surface area (Å²) in [6.45, 7) is 13.3. The molecule has 0 aliphatic rings. The molecular formula is C18H46Cl4N4. The third-order valence-corrected chi connectivity index (χ3v) is 3.85. The van der Waals surface area contributed by atoms with Gasteiger partial charge in [-0.25, -0.2) is 0 Å². The average molecular weight is 460 g/mol. The quantitative estimate of drug-likeness (QED) is 0.219. The van der Waals surface area contributed by atoms with E-state index in [1.807, 2.05) is 0 Å². The van der Waals surface area contributed by atoms with Gasteiger partial charge in [0.2, 0.25) is 0 Å². The number of rotatable bonds is 19. The molecule has 26 heavy (non-hydrogen) atoms. The fraction of sp³-hybridized carbons (Fsp3) is 1.00. The molecular weight excluding hydrogens is 414 g/mol. The zero-order valence-electron chi connectivity index (χ0n) is 16.9. The van der Waals surface area contributed by atoms with Gasteiger partial charge in [0.25, 0.3) is 0 Å². The van der Waals surface area contributed by atoms with E-state index in [2.05, 4.69) is 35.1 Å². The highest BCUT2D eigenvalue weighted by Gasteiger charge is 1.91. The lowest BCUT2D eigenvalue weighted by Crippen LogP contribution is -2.35. The standard InChI is InChI=1S/C18H42N4.4ClH/c1-3-5-7-9-11-19-13-15-21-17-18-22-16-14-20-12-10-8-6-4-2;;;;/h19-22H,3-18H2,1-2H3;4*1H. The van der Waals surface area contributed by atoms with Crippen LogP contribution in [0.4, 0.5) is 0 Å². The first-order valence-electron chi connectivity index (χ1n) is 9.74. The van der Waals surface area contributed by atoms with Crippen LogP contribution < -0.4 is 21.3 Å². The van der Waals surface area contributed by atoms with Crippen LogP contribution in [0.3, 0.4) is 0 Å². The number of unbranched alkanes of at least 4 members (excludes halogenated alkanes) is 6. The summed E-state index contributed by atoms with van der Waals surface area (Å²) in [5, 5.41) is 13.9. The largest absolute Gasteiger partial charge is 0.315 e. The van der Waals surface area contributed by atoms with E-state index < -0.39 is 0 Å². The molecule has 0 saturated heterocycles. The summed E-state index contributed by atoms with van der Waals surface area (Å²) in [6, 6.07) is 0. The van der Waals surface area contributed by atoms with Crippen LogP contribution in [0.5, 0.6) is 0 Å². The van der Waals surface area contributed by atoms with E-state index in [1.165, 1.54) is 64.5 Å². The Labute approximate surface area is 188 Å². The van der Waals surface area contributed by atoms with Gasteiger partial charge in [-0.3, -0.25) is 0 Å². The molecule has 0 aliphatic heterocycles. The van der Waals surface area contributed by atoms with Crippen molar-refractivity contribution in [2.24, 2.45) is 0 Å². The van der Waals surface area contributed by atoms with Gasteiger partial charge < -0.3 is 21.3 Å². The van der Waals surface area contributed by atoms with E-state index in [1.54, 1.807) is 0 Å². The maximum atomic E-state index is 3.49. The lowest BCUT2D eigenvalue weighted by molar-refractivity contribution is 0.546. The van der Waals surface area contributed by atoms with Gasteiger partial charge in [-0.1, -0.05) is 52.4 Å². The molecule has 4 N–H and O–H groups in total. The summed E-state index contributed by atoms with van der Waals surface area (Å²) in [7, 11) is 0. The fourth-order valence-electron chi connectivity index (χ4n) is 2.38. The van der Waals surface area contributed by atoms with E-state index >= 15 is 0 Å². The molecule has 0 radical (unpaired) electrons. The molecule has 0 rings (SSSR count). The van der Waals surface area contributed by atoms with Gasteiger partial charge in [-0.05, 0) is 25.9 Å². The Morgan fingerprint density at radius 3 is 0.885 bits per heavy atom. The second kappa shape index (κ2) is 36.8. The van der Waals surface area contributed by atoms with E-state index in [4.69, 9.17) is 0 Å². The lowest BCUT2D eigenvalue weighted by atomic mass is 10.2. The van der Waals surface area contributed by atoms with Crippen molar-refractivity contribution in [3.8, 4) is 0 Å². The predicted octanol–water partition coefficient (Wildman–Crippen LogP) is 4.19. The molecule has 166 valence electrons. The minimum Gasteiger partial charge on any atom is -0.315 e. The third-order valence-electron chi connectivity index (χ3n) is 3.85. The smallest absolute Gasteiger partial charge is 0.00772 e. The Kier molecular flexibility index (Phi) is 53.4. The molecule has 0 saturated carbocycles. The zero-order chi connectivity index (χ0) is 16.1. The van der Waals surface area contributed by atoms with Crippen LogP contribution >= 0.6 is 49.6 Å². The van der Waals surface area contributed by atoms with Gasteiger partial charge in [-0.2, -0.15) is 0 Å². The average Bonchev–Trinajstić information content (AvgIpc) is 2.54. The third kappa shape index (κ3) is 36.0. The van der Waals surface area contributed by atoms with Crippen molar-refractivity contribution in [1.29, 1.82) is 0 Å². The first kappa shape index (κ1) is 37.7. The molecule has 0 bridgehead atoms. The van der Waals surface area contributed by atoms with E-state index in [9.17, 15) is 0 Å². The summed E-state index contributed by atoms with van der Waals surface area (Å²) < 4.78 is 0. The fourth-order valence-corrected chi connectivity index (χ4v) is 2.38. The molecule has 0 spiro atoms. The molecule has 0 aromatic heterocycles. The Bertz CT molecular complexity index is 184. The topological polar surface area (TPSA) is 48.1 Å². The van der Waals surface area contributed by atoms with Crippen LogP contribution in [0.25, 0.3) is 0 Å². The maximum Gasteiger partial charge on any atom is 0.00772 e. The predicted molar refractivity (Wildman–Crippen MR) is 129 cm³/mol. The molecule has 0 amide bonds. The van der Waals surface area contributed by atoms with E-state index in [0.29, 0.717) is 0 Å². The van der Waals surface area contributed by atoms with Crippen LogP contribution in [-0.2, 0) is 0 Å². The van der Waals surface area contributed by atoms with Crippen molar-refractivity contribution < 1.29 is 0 Å². The number of halogens is 4. The highest BCUT2D eigenvalue weighted by atomic mass is 35.5. The number of hydrogen-bond donors (Lipinski definition) is 4. The van der Waals surface area contributed by atoms with Crippen LogP contribution in [-0.4, -0.2) is 52.4 Å². The van der Waals surface area contributed by atoms with Crippen molar-refractivity contribution in [2.45, 2.75) is 65.2 Å². The lowest BCUT2D eigenvalue weighted by Gasteiger charge is -2.08. The summed E-state index contributed by atoms with van der Waals surface area (Å²) in [5.41, 5.74) is 0. The second-order valence-electron chi connectivity index (χ2n) is 6.12. The van der Waals surface area contributed by atoms with E-state index in [0.717, 1.165) is 39.3 Å². The van der Waals surface area contributed by atoms with Gasteiger partial charge in [0.1, 0.15) is 0 Å². The minimum absolute atomic E-state index is 0. The monoisotopic (exact) mass is 458 g/mol. The van der Waals surface area contributed by atoms with E-state index in [-0.39, 0.29) is 49.6 Å². The van der Waals surface area contributed by atoms with Crippen molar-refractivity contribution in [1.82, 2.24) is 21.3 Å². The highest BCUT2D eigenvalue weighted by molar-refractivity contribution is 5.86. The molecule has 0 fully saturated rings. The Hall–Kier alpha value is 1.00. The molecule has 0 atom stereocenters. The summed E-state index contributed by atoms with van der Waals surface area (Å²) in [4.78, 5) is 0. The van der Waals surface area contributed by atoms with Crippen LogP contribution in [0.15, 0.2) is 0 Å². The first-order chi connectivity index (χ1) is 10.9. The Morgan fingerprint density at radius 1 is 0.346 bits per heavy atom. The van der Waals surface area contributed by atoms with Gasteiger partial charge in [0.05, 0.1) is 0 Å². The summed E-state index contributed by atoms with van der Waals surface area (Å²) in [5.74, 6) is 0. The molecule has 0 aliphatic carbocycles. The molecule has 0 unspecified atom stereocenters. The van der Waals surface area contributed by atoms with Crippen molar-refractivity contribution in [3.05, 3.63) is 0 Å². The Morgan fingerprint density at radius 2 is 0.615 bits per heavy atom. The SMILES string of the molecule is CCCCCCNCCNCCNCCNCCCCCC.Cl.Cl.Cl.Cl. The molecule has 0 aromatic rings. The van der Waals surface area contributed by atoms with Crippen LogP contribution in [0.2, 0.25) is 0 Å². The minimum atomic E-state index is 0. The normalized spacial score (nSPS) is 9.46. The van der Waals surface area contributed by atoms with Gasteiger partial charge in [0, 0.05) is 39.3 Å². The van der Waals surface area contributed by atoms with Gasteiger partial charge >= 0.3 is 0 Å². The first-order valence-corrected chi connectivity index (χ1v) is 9.74. The Balaban J connectivity index is -0.000000367. The number of hydrogen-bond acceptors (Lipinski definition) is 4. The molecule has 0 heterocycles. The summed E-state index contributed by atoms with van der Waals surface area (Å²) >= 11 is 0. The highest BCUT2D eigenvalue weighted by Crippen LogP contribution is 1.97. The van der Waals surface area contributed by atoms with Crippen LogP contribution in [0, 0.1) is 0 Å². The van der Waals surface area contributed by atoms with Crippen molar-refractivity contribution in [2.75, 3.05) is 52.4 Å². The van der Waals surface area contributed by atoms with Gasteiger partial charge in [-0.15, -0.1) is 49.6 Å².